The molecule has 0 fully saturated rings. The van der Waals surface area contributed by atoms with Gasteiger partial charge in [-0.3, -0.25) is 9.59 Å². The second kappa shape index (κ2) is 8.90. The van der Waals surface area contributed by atoms with Crippen molar-refractivity contribution in [3.63, 3.8) is 0 Å². The Kier molecular flexibility index (Phi) is 6.11. The minimum Gasteiger partial charge on any atom is -0.333 e. The maximum atomic E-state index is 12.3. The van der Waals surface area contributed by atoms with E-state index >= 15 is 0 Å². The number of carbonyl (C=O) groups is 2. The summed E-state index contributed by atoms with van der Waals surface area (Å²) in [6.07, 6.45) is 3.94. The number of nitrogens with zero attached hydrogens (tertiary/aromatic N) is 3. The molecular formula is C22H22N4O2. The molecular weight excluding hydrogens is 352 g/mol. The van der Waals surface area contributed by atoms with Gasteiger partial charge in [0.1, 0.15) is 0 Å². The van der Waals surface area contributed by atoms with E-state index in [-0.39, 0.29) is 0 Å². The van der Waals surface area contributed by atoms with Crippen LogP contribution in [0.2, 0.25) is 0 Å². The van der Waals surface area contributed by atoms with Crippen molar-refractivity contribution in [2.45, 2.75) is 19.9 Å². The zero-order valence-corrected chi connectivity index (χ0v) is 15.9. The van der Waals surface area contributed by atoms with E-state index in [0.29, 0.717) is 18.1 Å². The molecule has 0 unspecified atom stereocenters. The first-order valence-electron chi connectivity index (χ1n) is 9.08. The molecule has 0 atom stereocenters. The van der Waals surface area contributed by atoms with Gasteiger partial charge in [-0.15, -0.1) is 0 Å². The van der Waals surface area contributed by atoms with Crippen molar-refractivity contribution in [2.24, 2.45) is 0 Å². The Balaban J connectivity index is 1.59. The Morgan fingerprint density at radius 2 is 1.54 bits per heavy atom. The van der Waals surface area contributed by atoms with E-state index < -0.39 is 11.8 Å². The first kappa shape index (κ1) is 19.2. The number of amides is 2. The first-order valence-corrected chi connectivity index (χ1v) is 9.08. The van der Waals surface area contributed by atoms with Crippen molar-refractivity contribution in [3.05, 3.63) is 78.1 Å². The zero-order chi connectivity index (χ0) is 19.9. The van der Waals surface area contributed by atoms with Gasteiger partial charge in [0.05, 0.1) is 18.1 Å². The SMILES string of the molecule is CCc1ccc(CN(C)C(=O)C(=O)Nc2cnc(-c3ccccc3)nc2)cc1. The highest BCUT2D eigenvalue weighted by Gasteiger charge is 2.19. The quantitative estimate of drug-likeness (QED) is 0.695. The molecule has 2 amide bonds. The third kappa shape index (κ3) is 4.79. The van der Waals surface area contributed by atoms with Crippen LogP contribution in [0.5, 0.6) is 0 Å². The minimum atomic E-state index is -0.719. The van der Waals surface area contributed by atoms with Crippen molar-refractivity contribution in [1.82, 2.24) is 14.9 Å². The Bertz CT molecular complexity index is 939. The highest BCUT2D eigenvalue weighted by Crippen LogP contribution is 2.15. The summed E-state index contributed by atoms with van der Waals surface area (Å²) >= 11 is 0. The normalized spacial score (nSPS) is 10.4. The summed E-state index contributed by atoms with van der Waals surface area (Å²) in [6.45, 7) is 2.45. The van der Waals surface area contributed by atoms with Crippen LogP contribution in [0.25, 0.3) is 11.4 Å². The molecule has 1 aromatic heterocycles. The predicted octanol–water partition coefficient (Wildman–Crippen LogP) is 3.30. The molecule has 0 saturated heterocycles. The summed E-state index contributed by atoms with van der Waals surface area (Å²) < 4.78 is 0. The number of hydrogen-bond donors (Lipinski definition) is 1. The van der Waals surface area contributed by atoms with Gasteiger partial charge < -0.3 is 10.2 Å². The summed E-state index contributed by atoms with van der Waals surface area (Å²) in [7, 11) is 1.60. The molecule has 1 heterocycles. The lowest BCUT2D eigenvalue weighted by Crippen LogP contribution is -2.36. The molecule has 2 aromatic carbocycles. The van der Waals surface area contributed by atoms with Gasteiger partial charge >= 0.3 is 11.8 Å². The average Bonchev–Trinajstić information content (AvgIpc) is 2.74. The number of aromatic nitrogens is 2. The second-order valence-corrected chi connectivity index (χ2v) is 6.45. The third-order valence-corrected chi connectivity index (χ3v) is 4.33. The summed E-state index contributed by atoms with van der Waals surface area (Å²) in [4.78, 5) is 34.4. The van der Waals surface area contributed by atoms with Gasteiger partial charge in [-0.2, -0.15) is 0 Å². The largest absolute Gasteiger partial charge is 0.333 e. The van der Waals surface area contributed by atoms with Crippen LogP contribution in [0, 0.1) is 0 Å². The van der Waals surface area contributed by atoms with Crippen molar-refractivity contribution in [2.75, 3.05) is 12.4 Å². The van der Waals surface area contributed by atoms with Crippen LogP contribution in [-0.4, -0.2) is 33.7 Å². The standard InChI is InChI=1S/C22H22N4O2/c1-3-16-9-11-17(12-10-16)15-26(2)22(28)21(27)25-19-13-23-20(24-14-19)18-7-5-4-6-8-18/h4-14H,3,15H2,1-2H3,(H,25,27). The van der Waals surface area contributed by atoms with Crippen LogP contribution in [-0.2, 0) is 22.6 Å². The lowest BCUT2D eigenvalue weighted by molar-refractivity contribution is -0.142. The number of rotatable bonds is 5. The molecule has 0 radical (unpaired) electrons. The van der Waals surface area contributed by atoms with E-state index in [1.54, 1.807) is 7.05 Å². The van der Waals surface area contributed by atoms with Gasteiger partial charge in [0.15, 0.2) is 5.82 Å². The van der Waals surface area contributed by atoms with E-state index in [9.17, 15) is 9.59 Å². The Hall–Kier alpha value is -3.54. The number of anilines is 1. The van der Waals surface area contributed by atoms with E-state index in [2.05, 4.69) is 22.2 Å². The van der Waals surface area contributed by atoms with Crippen molar-refractivity contribution in [3.8, 4) is 11.4 Å². The van der Waals surface area contributed by atoms with Gasteiger partial charge in [-0.25, -0.2) is 9.97 Å². The first-order chi connectivity index (χ1) is 13.6. The maximum absolute atomic E-state index is 12.3. The van der Waals surface area contributed by atoms with Gasteiger partial charge in [0, 0.05) is 19.2 Å². The Labute approximate surface area is 164 Å². The fraction of sp³-hybridized carbons (Fsp3) is 0.182. The fourth-order valence-corrected chi connectivity index (χ4v) is 2.71. The predicted molar refractivity (Wildman–Crippen MR) is 108 cm³/mol. The molecule has 0 bridgehead atoms. The topological polar surface area (TPSA) is 75.2 Å². The number of hydrogen-bond acceptors (Lipinski definition) is 4. The summed E-state index contributed by atoms with van der Waals surface area (Å²) in [5, 5.41) is 2.55. The molecule has 6 nitrogen and oxygen atoms in total. The molecule has 3 aromatic rings. The molecule has 3 rings (SSSR count). The lowest BCUT2D eigenvalue weighted by atomic mass is 10.1. The lowest BCUT2D eigenvalue weighted by Gasteiger charge is -2.17. The van der Waals surface area contributed by atoms with Gasteiger partial charge in [-0.1, -0.05) is 61.5 Å². The Morgan fingerprint density at radius 3 is 2.14 bits per heavy atom. The van der Waals surface area contributed by atoms with Crippen molar-refractivity contribution in [1.29, 1.82) is 0 Å². The number of aryl methyl sites for hydroxylation is 1. The maximum Gasteiger partial charge on any atom is 0.313 e. The monoisotopic (exact) mass is 374 g/mol. The number of carbonyl (C=O) groups excluding carboxylic acids is 2. The van der Waals surface area contributed by atoms with E-state index in [1.807, 2.05) is 54.6 Å². The zero-order valence-electron chi connectivity index (χ0n) is 15.9. The van der Waals surface area contributed by atoms with E-state index in [0.717, 1.165) is 17.5 Å². The average molecular weight is 374 g/mol. The number of benzene rings is 2. The molecule has 142 valence electrons. The molecule has 0 aliphatic rings. The van der Waals surface area contributed by atoms with Crippen LogP contribution in [0.3, 0.4) is 0 Å². The number of likely N-dealkylation sites (N-methyl/N-ethyl adjacent to an activating group) is 1. The molecule has 0 aliphatic carbocycles. The smallest absolute Gasteiger partial charge is 0.313 e. The van der Waals surface area contributed by atoms with Crippen molar-refractivity contribution < 1.29 is 9.59 Å². The van der Waals surface area contributed by atoms with Crippen molar-refractivity contribution >= 4 is 17.5 Å². The Morgan fingerprint density at radius 1 is 0.929 bits per heavy atom. The van der Waals surface area contributed by atoms with Gasteiger partial charge in [-0.05, 0) is 17.5 Å². The molecule has 28 heavy (non-hydrogen) atoms. The molecule has 1 N–H and O–H groups in total. The van der Waals surface area contributed by atoms with Crippen LogP contribution in [0.4, 0.5) is 5.69 Å². The van der Waals surface area contributed by atoms with E-state index in [4.69, 9.17) is 0 Å². The van der Waals surface area contributed by atoms with E-state index in [1.165, 1.54) is 22.9 Å². The third-order valence-electron chi connectivity index (χ3n) is 4.33. The van der Waals surface area contributed by atoms with Crippen LogP contribution in [0.1, 0.15) is 18.1 Å². The number of nitrogens with one attached hydrogen (secondary N) is 1. The van der Waals surface area contributed by atoms with Gasteiger partial charge in [0.25, 0.3) is 0 Å². The highest BCUT2D eigenvalue weighted by molar-refractivity contribution is 6.39. The highest BCUT2D eigenvalue weighted by atomic mass is 16.2. The van der Waals surface area contributed by atoms with Crippen LogP contribution in [0.15, 0.2) is 67.0 Å². The van der Waals surface area contributed by atoms with Crippen LogP contribution < -0.4 is 5.32 Å². The molecule has 0 spiro atoms. The fourth-order valence-electron chi connectivity index (χ4n) is 2.71. The summed E-state index contributed by atoms with van der Waals surface area (Å²) in [5.41, 5.74) is 3.45. The molecule has 0 saturated carbocycles. The summed E-state index contributed by atoms with van der Waals surface area (Å²) in [5.74, 6) is -0.784. The summed E-state index contributed by atoms with van der Waals surface area (Å²) in [6, 6.07) is 17.5. The molecule has 0 aliphatic heterocycles. The van der Waals surface area contributed by atoms with Crippen LogP contribution >= 0.6 is 0 Å². The van der Waals surface area contributed by atoms with Gasteiger partial charge in [0.2, 0.25) is 0 Å². The molecule has 6 heteroatoms. The minimum absolute atomic E-state index is 0.361. The second-order valence-electron chi connectivity index (χ2n) is 6.45.